The fourth-order valence-corrected chi connectivity index (χ4v) is 1.81. The lowest BCUT2D eigenvalue weighted by Gasteiger charge is -2.07. The minimum absolute atomic E-state index is 0.0102. The first kappa shape index (κ1) is 12.9. The van der Waals surface area contributed by atoms with Gasteiger partial charge in [-0.15, -0.1) is 0 Å². The first-order valence-electron chi connectivity index (χ1n) is 5.55. The highest BCUT2D eigenvalue weighted by molar-refractivity contribution is 9.10. The van der Waals surface area contributed by atoms with Crippen LogP contribution in [0.5, 0.6) is 17.2 Å². The maximum atomic E-state index is 8.65. The van der Waals surface area contributed by atoms with E-state index < -0.39 is 0 Å². The van der Waals surface area contributed by atoms with Crippen LogP contribution in [-0.4, -0.2) is 18.3 Å². The predicted octanol–water partition coefficient (Wildman–Crippen LogP) is 3.61. The first-order valence-corrected chi connectivity index (χ1v) is 6.34. The van der Waals surface area contributed by atoms with Gasteiger partial charge in [0.15, 0.2) is 0 Å². The maximum Gasteiger partial charge on any atom is 0.128 e. The highest BCUT2D eigenvalue weighted by Crippen LogP contribution is 2.25. The van der Waals surface area contributed by atoms with Gasteiger partial charge in [-0.2, -0.15) is 0 Å². The molecular formula is C14H13BrO3. The third-order valence-corrected chi connectivity index (χ3v) is 2.71. The van der Waals surface area contributed by atoms with Gasteiger partial charge in [0.25, 0.3) is 0 Å². The Morgan fingerprint density at radius 2 is 1.67 bits per heavy atom. The Labute approximate surface area is 114 Å². The van der Waals surface area contributed by atoms with E-state index in [4.69, 9.17) is 14.6 Å². The summed E-state index contributed by atoms with van der Waals surface area (Å²) in [5.41, 5.74) is 0. The molecule has 2 aromatic rings. The normalized spacial score (nSPS) is 10.1. The summed E-state index contributed by atoms with van der Waals surface area (Å²) in [4.78, 5) is 0. The lowest BCUT2D eigenvalue weighted by atomic mass is 10.3. The van der Waals surface area contributed by atoms with Crippen LogP contribution < -0.4 is 9.47 Å². The average Bonchev–Trinajstić information content (AvgIpc) is 2.38. The molecule has 94 valence electrons. The molecule has 0 radical (unpaired) electrons. The summed E-state index contributed by atoms with van der Waals surface area (Å²) in [6.45, 7) is 0.308. The van der Waals surface area contributed by atoms with Crippen molar-refractivity contribution in [1.82, 2.24) is 0 Å². The van der Waals surface area contributed by atoms with Gasteiger partial charge in [-0.1, -0.05) is 22.0 Å². The third kappa shape index (κ3) is 3.75. The zero-order chi connectivity index (χ0) is 12.8. The summed E-state index contributed by atoms with van der Waals surface area (Å²) in [5, 5.41) is 8.65. The van der Waals surface area contributed by atoms with Gasteiger partial charge in [0.1, 0.15) is 23.9 Å². The summed E-state index contributed by atoms with van der Waals surface area (Å²) in [6.07, 6.45) is 0. The summed E-state index contributed by atoms with van der Waals surface area (Å²) in [6, 6.07) is 14.9. The topological polar surface area (TPSA) is 38.7 Å². The molecule has 4 heteroatoms. The van der Waals surface area contributed by atoms with Crippen molar-refractivity contribution in [3.8, 4) is 17.2 Å². The van der Waals surface area contributed by atoms with Crippen molar-refractivity contribution in [2.45, 2.75) is 0 Å². The number of benzene rings is 2. The van der Waals surface area contributed by atoms with Crippen LogP contribution in [0.2, 0.25) is 0 Å². The molecule has 0 aliphatic heterocycles. The van der Waals surface area contributed by atoms with E-state index in [2.05, 4.69) is 15.9 Å². The van der Waals surface area contributed by atoms with Gasteiger partial charge < -0.3 is 14.6 Å². The number of ether oxygens (including phenoxy) is 2. The molecule has 0 unspecified atom stereocenters. The Balaban J connectivity index is 2.02. The third-order valence-electron chi connectivity index (χ3n) is 2.22. The van der Waals surface area contributed by atoms with Crippen LogP contribution >= 0.6 is 15.9 Å². The van der Waals surface area contributed by atoms with Gasteiger partial charge in [0.2, 0.25) is 0 Å². The van der Waals surface area contributed by atoms with Gasteiger partial charge in [-0.3, -0.25) is 0 Å². The van der Waals surface area contributed by atoms with E-state index >= 15 is 0 Å². The van der Waals surface area contributed by atoms with Crippen LogP contribution in [0.1, 0.15) is 0 Å². The zero-order valence-corrected chi connectivity index (χ0v) is 11.3. The van der Waals surface area contributed by atoms with E-state index in [0.29, 0.717) is 12.4 Å². The molecule has 0 fully saturated rings. The van der Waals surface area contributed by atoms with Gasteiger partial charge in [0.05, 0.1) is 6.61 Å². The summed E-state index contributed by atoms with van der Waals surface area (Å²) in [7, 11) is 0. The second kappa shape index (κ2) is 6.42. The first-order chi connectivity index (χ1) is 8.78. The average molecular weight is 309 g/mol. The van der Waals surface area contributed by atoms with Crippen LogP contribution in [0.3, 0.4) is 0 Å². The number of rotatable bonds is 5. The SMILES string of the molecule is OCCOc1ccc(Oc2cccc(Br)c2)cc1. The van der Waals surface area contributed by atoms with Crippen molar-refractivity contribution in [1.29, 1.82) is 0 Å². The van der Waals surface area contributed by atoms with Gasteiger partial charge in [-0.25, -0.2) is 0 Å². The summed E-state index contributed by atoms with van der Waals surface area (Å²) >= 11 is 3.39. The number of aliphatic hydroxyl groups excluding tert-OH is 1. The fourth-order valence-electron chi connectivity index (χ4n) is 1.43. The predicted molar refractivity (Wildman–Crippen MR) is 73.2 cm³/mol. The van der Waals surface area contributed by atoms with Crippen molar-refractivity contribution in [2.75, 3.05) is 13.2 Å². The molecule has 0 atom stereocenters. The van der Waals surface area contributed by atoms with E-state index in [1.54, 1.807) is 0 Å². The lowest BCUT2D eigenvalue weighted by molar-refractivity contribution is 0.201. The van der Waals surface area contributed by atoms with Gasteiger partial charge in [-0.05, 0) is 42.5 Å². The van der Waals surface area contributed by atoms with E-state index in [-0.39, 0.29) is 6.61 Å². The molecule has 0 amide bonds. The Hall–Kier alpha value is -1.52. The molecule has 18 heavy (non-hydrogen) atoms. The van der Waals surface area contributed by atoms with Crippen molar-refractivity contribution in [3.05, 3.63) is 53.0 Å². The van der Waals surface area contributed by atoms with Crippen LogP contribution in [0.25, 0.3) is 0 Å². The zero-order valence-electron chi connectivity index (χ0n) is 9.67. The van der Waals surface area contributed by atoms with Crippen molar-refractivity contribution >= 4 is 15.9 Å². The van der Waals surface area contributed by atoms with E-state index in [1.807, 2.05) is 48.5 Å². The molecule has 0 saturated carbocycles. The Morgan fingerprint density at radius 3 is 2.33 bits per heavy atom. The Morgan fingerprint density at radius 1 is 0.944 bits per heavy atom. The van der Waals surface area contributed by atoms with Crippen LogP contribution in [0, 0.1) is 0 Å². The molecular weight excluding hydrogens is 296 g/mol. The molecule has 0 aliphatic carbocycles. The molecule has 1 N–H and O–H groups in total. The number of aliphatic hydroxyl groups is 1. The Bertz CT molecular complexity index is 497. The molecule has 0 bridgehead atoms. The van der Waals surface area contributed by atoms with E-state index in [0.717, 1.165) is 16.0 Å². The van der Waals surface area contributed by atoms with Crippen molar-refractivity contribution in [3.63, 3.8) is 0 Å². The second-order valence-corrected chi connectivity index (χ2v) is 4.52. The maximum absolute atomic E-state index is 8.65. The Kier molecular flexibility index (Phi) is 4.61. The fraction of sp³-hybridized carbons (Fsp3) is 0.143. The molecule has 0 heterocycles. The molecule has 0 saturated heterocycles. The van der Waals surface area contributed by atoms with Crippen molar-refractivity contribution < 1.29 is 14.6 Å². The standard InChI is InChI=1S/C14H13BrO3/c15-11-2-1-3-14(10-11)18-13-6-4-12(5-7-13)17-9-8-16/h1-7,10,16H,8-9H2. The number of hydrogen-bond donors (Lipinski definition) is 1. The molecule has 3 nitrogen and oxygen atoms in total. The quantitative estimate of drug-likeness (QED) is 0.917. The van der Waals surface area contributed by atoms with Gasteiger partial charge >= 0.3 is 0 Å². The molecule has 0 aromatic heterocycles. The largest absolute Gasteiger partial charge is 0.491 e. The molecule has 0 spiro atoms. The minimum atomic E-state index is 0.0102. The number of hydrogen-bond acceptors (Lipinski definition) is 3. The molecule has 0 aliphatic rings. The van der Waals surface area contributed by atoms with E-state index in [9.17, 15) is 0 Å². The smallest absolute Gasteiger partial charge is 0.128 e. The van der Waals surface area contributed by atoms with Crippen LogP contribution in [-0.2, 0) is 0 Å². The summed E-state index contributed by atoms with van der Waals surface area (Å²) in [5.74, 6) is 2.23. The lowest BCUT2D eigenvalue weighted by Crippen LogP contribution is -2.01. The molecule has 2 rings (SSSR count). The number of halogens is 1. The van der Waals surface area contributed by atoms with Crippen molar-refractivity contribution in [2.24, 2.45) is 0 Å². The van der Waals surface area contributed by atoms with E-state index in [1.165, 1.54) is 0 Å². The highest BCUT2D eigenvalue weighted by Gasteiger charge is 1.99. The monoisotopic (exact) mass is 308 g/mol. The minimum Gasteiger partial charge on any atom is -0.491 e. The highest BCUT2D eigenvalue weighted by atomic mass is 79.9. The summed E-state index contributed by atoms with van der Waals surface area (Å²) < 4.78 is 11.9. The second-order valence-electron chi connectivity index (χ2n) is 3.60. The van der Waals surface area contributed by atoms with Gasteiger partial charge in [0, 0.05) is 4.47 Å². The van der Waals surface area contributed by atoms with Crippen LogP contribution in [0.4, 0.5) is 0 Å². The van der Waals surface area contributed by atoms with Crippen LogP contribution in [0.15, 0.2) is 53.0 Å². The molecule has 2 aromatic carbocycles.